The molecular formula is C15H31O5PSSi. The molecule has 0 aromatic rings. The van der Waals surface area contributed by atoms with Crippen molar-refractivity contribution in [1.29, 1.82) is 0 Å². The van der Waals surface area contributed by atoms with Crippen molar-refractivity contribution in [2.45, 2.75) is 56.4 Å². The molecule has 0 aromatic heterocycles. The first-order valence-corrected chi connectivity index (χ1v) is 13.5. The van der Waals surface area contributed by atoms with Gasteiger partial charge in [-0.05, 0) is 30.5 Å². The minimum absolute atomic E-state index is 0.0516. The molecule has 5 nitrogen and oxygen atoms in total. The van der Waals surface area contributed by atoms with Crippen molar-refractivity contribution in [3.63, 3.8) is 0 Å². The summed E-state index contributed by atoms with van der Waals surface area (Å²) in [4.78, 5) is 0. The van der Waals surface area contributed by atoms with E-state index < -0.39 is 15.9 Å². The maximum Gasteiger partial charge on any atom is 0.353 e. The molecule has 1 aliphatic heterocycles. The summed E-state index contributed by atoms with van der Waals surface area (Å²) in [5.41, 5.74) is 0. The zero-order chi connectivity index (χ0) is 17.9. The molecule has 0 unspecified atom stereocenters. The van der Waals surface area contributed by atoms with Gasteiger partial charge in [0.2, 0.25) is 0 Å². The summed E-state index contributed by atoms with van der Waals surface area (Å²) in [6, 6.07) is 0. The molecule has 136 valence electrons. The Hall–Kier alpha value is 0.377. The van der Waals surface area contributed by atoms with Gasteiger partial charge < -0.3 is 18.2 Å². The lowest BCUT2D eigenvalue weighted by atomic mass is 10.2. The van der Waals surface area contributed by atoms with Gasteiger partial charge in [0.25, 0.3) is 0 Å². The minimum Gasteiger partial charge on any atom is -0.410 e. The molecular weight excluding hydrogens is 351 g/mol. The van der Waals surface area contributed by atoms with Crippen LogP contribution >= 0.6 is 19.4 Å². The van der Waals surface area contributed by atoms with Crippen molar-refractivity contribution >= 4 is 27.7 Å². The van der Waals surface area contributed by atoms with Gasteiger partial charge in [0.1, 0.15) is 6.10 Å². The SMILES string of the molecule is COP(=O)(/C=C/[C@H]1OC[C@@H](SC)[C@@H]1O[Si](C)(C)C(C)(C)C)OC. The van der Waals surface area contributed by atoms with Crippen LogP contribution < -0.4 is 0 Å². The zero-order valence-electron chi connectivity index (χ0n) is 15.5. The summed E-state index contributed by atoms with van der Waals surface area (Å²) in [6.07, 6.45) is 3.54. The average Bonchev–Trinajstić information content (AvgIpc) is 2.85. The molecule has 0 radical (unpaired) electrons. The molecule has 0 spiro atoms. The second-order valence-corrected chi connectivity index (χ2v) is 15.1. The van der Waals surface area contributed by atoms with E-state index in [1.54, 1.807) is 17.8 Å². The maximum absolute atomic E-state index is 12.2. The summed E-state index contributed by atoms with van der Waals surface area (Å²) in [7, 11) is -2.36. The monoisotopic (exact) mass is 382 g/mol. The first kappa shape index (κ1) is 21.4. The molecule has 1 aliphatic rings. The number of rotatable bonds is 7. The van der Waals surface area contributed by atoms with Gasteiger partial charge in [-0.3, -0.25) is 4.57 Å². The van der Waals surface area contributed by atoms with E-state index in [9.17, 15) is 4.57 Å². The number of thioether (sulfide) groups is 1. The van der Waals surface area contributed by atoms with Crippen molar-refractivity contribution in [2.24, 2.45) is 0 Å². The molecule has 0 aromatic carbocycles. The normalized spacial score (nSPS) is 27.0. The Morgan fingerprint density at radius 2 is 1.83 bits per heavy atom. The van der Waals surface area contributed by atoms with Crippen LogP contribution in [0.4, 0.5) is 0 Å². The van der Waals surface area contributed by atoms with Gasteiger partial charge in [0.05, 0.1) is 18.0 Å². The number of hydrogen-bond donors (Lipinski definition) is 0. The van der Waals surface area contributed by atoms with Gasteiger partial charge >= 0.3 is 7.60 Å². The molecule has 1 rings (SSSR count). The lowest BCUT2D eigenvalue weighted by molar-refractivity contribution is 0.0803. The van der Waals surface area contributed by atoms with Crippen LogP contribution in [0.25, 0.3) is 0 Å². The van der Waals surface area contributed by atoms with Crippen LogP contribution in [0.5, 0.6) is 0 Å². The Labute approximate surface area is 146 Å². The molecule has 0 amide bonds. The summed E-state index contributed by atoms with van der Waals surface area (Å²) < 4.78 is 34.5. The molecule has 1 fully saturated rings. The van der Waals surface area contributed by atoms with Gasteiger partial charge in [0.15, 0.2) is 8.32 Å². The Kier molecular flexibility index (Phi) is 7.61. The van der Waals surface area contributed by atoms with E-state index in [4.69, 9.17) is 18.2 Å². The predicted octanol–water partition coefficient (Wildman–Crippen LogP) is 4.51. The van der Waals surface area contributed by atoms with Crippen molar-refractivity contribution in [3.05, 3.63) is 11.9 Å². The summed E-state index contributed by atoms with van der Waals surface area (Å²) in [5.74, 6) is 1.47. The molecule has 0 N–H and O–H groups in total. The Balaban J connectivity index is 2.96. The standard InChI is InChI=1S/C15H31O5PSSi/c1-15(2,3)23(7,8)20-14-12(19-11-13(14)22-6)9-10-21(16,17-4)18-5/h9-10,12-14H,11H2,1-8H3/b10-9+/t12-,13-,14-/m1/s1. The van der Waals surface area contributed by atoms with Crippen LogP contribution in [-0.2, 0) is 22.8 Å². The lowest BCUT2D eigenvalue weighted by Crippen LogP contribution is -2.48. The van der Waals surface area contributed by atoms with Gasteiger partial charge in [-0.15, -0.1) is 0 Å². The highest BCUT2D eigenvalue weighted by molar-refractivity contribution is 7.99. The highest BCUT2D eigenvalue weighted by Gasteiger charge is 2.45. The van der Waals surface area contributed by atoms with Crippen LogP contribution in [0.2, 0.25) is 18.1 Å². The third-order valence-corrected chi connectivity index (χ3v) is 11.7. The molecule has 0 saturated carbocycles. The average molecular weight is 383 g/mol. The van der Waals surface area contributed by atoms with Crippen molar-refractivity contribution in [1.82, 2.24) is 0 Å². The molecule has 8 heteroatoms. The fourth-order valence-corrected chi connectivity index (χ4v) is 4.92. The summed E-state index contributed by atoms with van der Waals surface area (Å²) >= 11 is 1.75. The van der Waals surface area contributed by atoms with Crippen molar-refractivity contribution in [2.75, 3.05) is 27.1 Å². The lowest BCUT2D eigenvalue weighted by Gasteiger charge is -2.40. The van der Waals surface area contributed by atoms with E-state index >= 15 is 0 Å². The number of hydrogen-bond acceptors (Lipinski definition) is 6. The highest BCUT2D eigenvalue weighted by Crippen LogP contribution is 2.48. The van der Waals surface area contributed by atoms with Crippen LogP contribution in [0.15, 0.2) is 11.9 Å². The van der Waals surface area contributed by atoms with Gasteiger partial charge in [-0.25, -0.2) is 0 Å². The third kappa shape index (κ3) is 5.43. The smallest absolute Gasteiger partial charge is 0.353 e. The summed E-state index contributed by atoms with van der Waals surface area (Å²) in [6.45, 7) is 11.8. The first-order chi connectivity index (χ1) is 10.5. The maximum atomic E-state index is 12.2. The number of ether oxygens (including phenoxy) is 1. The third-order valence-electron chi connectivity index (χ3n) is 4.65. The Bertz CT molecular complexity index is 455. The Morgan fingerprint density at radius 1 is 1.26 bits per heavy atom. The Morgan fingerprint density at radius 3 is 2.26 bits per heavy atom. The van der Waals surface area contributed by atoms with E-state index in [1.165, 1.54) is 20.0 Å². The molecule has 1 saturated heterocycles. The van der Waals surface area contributed by atoms with Crippen LogP contribution in [0, 0.1) is 0 Å². The molecule has 23 heavy (non-hydrogen) atoms. The van der Waals surface area contributed by atoms with Gasteiger partial charge in [-0.2, -0.15) is 11.8 Å². The quantitative estimate of drug-likeness (QED) is 0.477. The first-order valence-electron chi connectivity index (χ1n) is 7.72. The van der Waals surface area contributed by atoms with E-state index in [2.05, 4.69) is 40.1 Å². The van der Waals surface area contributed by atoms with Gasteiger partial charge in [-0.1, -0.05) is 20.8 Å². The summed E-state index contributed by atoms with van der Waals surface area (Å²) in [5, 5.41) is 0.393. The molecule has 0 aliphatic carbocycles. The second kappa shape index (κ2) is 8.17. The van der Waals surface area contributed by atoms with Crippen LogP contribution in [-0.4, -0.2) is 52.9 Å². The topological polar surface area (TPSA) is 54.0 Å². The minimum atomic E-state index is -3.18. The fraction of sp³-hybridized carbons (Fsp3) is 0.867. The van der Waals surface area contributed by atoms with Crippen LogP contribution in [0.3, 0.4) is 0 Å². The largest absolute Gasteiger partial charge is 0.410 e. The fourth-order valence-electron chi connectivity index (χ4n) is 2.02. The highest BCUT2D eigenvalue weighted by atomic mass is 32.2. The van der Waals surface area contributed by atoms with Crippen molar-refractivity contribution in [3.8, 4) is 0 Å². The van der Waals surface area contributed by atoms with E-state index in [1.807, 2.05) is 0 Å². The van der Waals surface area contributed by atoms with Gasteiger partial charge in [0, 0.05) is 20.0 Å². The molecule has 0 bridgehead atoms. The van der Waals surface area contributed by atoms with Crippen molar-refractivity contribution < 1.29 is 22.8 Å². The molecule has 1 heterocycles. The van der Waals surface area contributed by atoms with E-state index in [0.717, 1.165) is 0 Å². The molecule has 3 atom stereocenters. The second-order valence-electron chi connectivity index (χ2n) is 7.16. The van der Waals surface area contributed by atoms with Crippen LogP contribution in [0.1, 0.15) is 20.8 Å². The van der Waals surface area contributed by atoms with E-state index in [0.29, 0.717) is 6.61 Å². The zero-order valence-corrected chi connectivity index (χ0v) is 18.2. The predicted molar refractivity (Wildman–Crippen MR) is 99.9 cm³/mol. The van der Waals surface area contributed by atoms with E-state index in [-0.39, 0.29) is 22.5 Å².